The highest BCUT2D eigenvalue weighted by Crippen LogP contribution is 2.21. The van der Waals surface area contributed by atoms with Crippen molar-refractivity contribution < 1.29 is 17.9 Å². The van der Waals surface area contributed by atoms with Gasteiger partial charge >= 0.3 is 0 Å². The summed E-state index contributed by atoms with van der Waals surface area (Å²) in [5.74, 6) is -0.216. The topological polar surface area (TPSA) is 111 Å². The second-order valence-electron chi connectivity index (χ2n) is 6.35. The van der Waals surface area contributed by atoms with E-state index in [1.807, 2.05) is 0 Å². The number of ether oxygens (including phenoxy) is 1. The Morgan fingerprint density at radius 1 is 1.07 bits per heavy atom. The third kappa shape index (κ3) is 5.45. The molecule has 2 aromatic carbocycles. The van der Waals surface area contributed by atoms with Crippen molar-refractivity contribution in [1.82, 2.24) is 5.32 Å². The van der Waals surface area contributed by atoms with E-state index in [4.69, 9.17) is 10.5 Å². The molecule has 1 amide bonds. The fraction of sp³-hybridized carbons (Fsp3) is 0.316. The van der Waals surface area contributed by atoms with E-state index in [-0.39, 0.29) is 35.9 Å². The number of sulfonamides is 1. The summed E-state index contributed by atoms with van der Waals surface area (Å²) < 4.78 is 33.2. The minimum atomic E-state index is -3.70. The van der Waals surface area contributed by atoms with E-state index >= 15 is 0 Å². The molecule has 152 valence electrons. The molecule has 0 bridgehead atoms. The lowest BCUT2D eigenvalue weighted by Crippen LogP contribution is -2.35. The first-order chi connectivity index (χ1) is 13.0. The first-order valence-electron chi connectivity index (χ1n) is 8.78. The SMILES string of the molecule is Cl.NC[C@H]1CC[C@@H](C(=O)NCc2ccccc2NS(=O)(=O)c2ccccc2)O1. The van der Waals surface area contributed by atoms with Gasteiger partial charge in [-0.15, -0.1) is 12.4 Å². The molecule has 1 aliphatic heterocycles. The molecule has 0 aromatic heterocycles. The summed E-state index contributed by atoms with van der Waals surface area (Å²) >= 11 is 0. The fourth-order valence-corrected chi connectivity index (χ4v) is 4.07. The van der Waals surface area contributed by atoms with Gasteiger partial charge in [0.05, 0.1) is 16.7 Å². The molecule has 0 spiro atoms. The van der Waals surface area contributed by atoms with Crippen LogP contribution in [0.3, 0.4) is 0 Å². The number of nitrogens with two attached hydrogens (primary N) is 1. The lowest BCUT2D eigenvalue weighted by Gasteiger charge is -2.15. The van der Waals surface area contributed by atoms with E-state index < -0.39 is 16.1 Å². The Morgan fingerprint density at radius 2 is 1.75 bits per heavy atom. The minimum absolute atomic E-state index is 0. The Hall–Kier alpha value is -2.13. The van der Waals surface area contributed by atoms with Crippen LogP contribution in [0.25, 0.3) is 0 Å². The molecule has 1 aliphatic rings. The second kappa shape index (κ2) is 9.88. The smallest absolute Gasteiger partial charge is 0.261 e. The summed E-state index contributed by atoms with van der Waals surface area (Å²) in [6.45, 7) is 0.591. The highest BCUT2D eigenvalue weighted by Gasteiger charge is 2.29. The summed E-state index contributed by atoms with van der Waals surface area (Å²) in [5, 5.41) is 2.81. The van der Waals surface area contributed by atoms with Gasteiger partial charge in [-0.25, -0.2) is 8.42 Å². The molecule has 28 heavy (non-hydrogen) atoms. The first kappa shape index (κ1) is 22.2. The van der Waals surface area contributed by atoms with Crippen molar-refractivity contribution in [3.8, 4) is 0 Å². The van der Waals surface area contributed by atoms with Crippen LogP contribution in [0.4, 0.5) is 5.69 Å². The number of benzene rings is 2. The minimum Gasteiger partial charge on any atom is -0.364 e. The highest BCUT2D eigenvalue weighted by atomic mass is 35.5. The maximum absolute atomic E-state index is 12.5. The number of carbonyl (C=O) groups is 1. The fourth-order valence-electron chi connectivity index (χ4n) is 2.95. The van der Waals surface area contributed by atoms with Gasteiger partial charge < -0.3 is 15.8 Å². The number of hydrogen-bond acceptors (Lipinski definition) is 5. The summed E-state index contributed by atoms with van der Waals surface area (Å²) in [5.41, 5.74) is 6.66. The first-order valence-corrected chi connectivity index (χ1v) is 10.3. The highest BCUT2D eigenvalue weighted by molar-refractivity contribution is 7.92. The maximum atomic E-state index is 12.5. The van der Waals surface area contributed by atoms with E-state index in [0.29, 0.717) is 24.2 Å². The summed E-state index contributed by atoms with van der Waals surface area (Å²) in [7, 11) is -3.70. The quantitative estimate of drug-likeness (QED) is 0.628. The molecule has 7 nitrogen and oxygen atoms in total. The molecule has 0 radical (unpaired) electrons. The molecule has 1 fully saturated rings. The van der Waals surface area contributed by atoms with Crippen molar-refractivity contribution in [3.63, 3.8) is 0 Å². The lowest BCUT2D eigenvalue weighted by atomic mass is 10.1. The van der Waals surface area contributed by atoms with Gasteiger partial charge in [0.15, 0.2) is 0 Å². The maximum Gasteiger partial charge on any atom is 0.261 e. The van der Waals surface area contributed by atoms with Gasteiger partial charge in [-0.3, -0.25) is 9.52 Å². The predicted molar refractivity (Wildman–Crippen MR) is 110 cm³/mol. The van der Waals surface area contributed by atoms with Crippen LogP contribution in [0.15, 0.2) is 59.5 Å². The molecular formula is C19H24ClN3O4S. The molecule has 1 saturated heterocycles. The molecule has 0 aliphatic carbocycles. The molecule has 9 heteroatoms. The van der Waals surface area contributed by atoms with Gasteiger partial charge in [0.2, 0.25) is 5.91 Å². The van der Waals surface area contributed by atoms with Gasteiger partial charge in [-0.1, -0.05) is 36.4 Å². The summed E-state index contributed by atoms with van der Waals surface area (Å²) in [6.07, 6.45) is 0.815. The van der Waals surface area contributed by atoms with Crippen molar-refractivity contribution in [2.24, 2.45) is 5.73 Å². The summed E-state index contributed by atoms with van der Waals surface area (Å²) in [6, 6.07) is 15.1. The number of amides is 1. The van der Waals surface area contributed by atoms with Gasteiger partial charge in [0.1, 0.15) is 6.10 Å². The van der Waals surface area contributed by atoms with Crippen molar-refractivity contribution >= 4 is 34.0 Å². The number of rotatable bonds is 7. The number of para-hydroxylation sites is 1. The Bertz CT molecular complexity index is 893. The third-order valence-electron chi connectivity index (χ3n) is 4.43. The number of anilines is 1. The second-order valence-corrected chi connectivity index (χ2v) is 8.04. The zero-order valence-corrected chi connectivity index (χ0v) is 16.8. The van der Waals surface area contributed by atoms with E-state index in [2.05, 4.69) is 10.0 Å². The molecular weight excluding hydrogens is 402 g/mol. The zero-order valence-electron chi connectivity index (χ0n) is 15.2. The van der Waals surface area contributed by atoms with Gasteiger partial charge in [0.25, 0.3) is 10.0 Å². The molecule has 1 heterocycles. The van der Waals surface area contributed by atoms with Crippen LogP contribution in [0.2, 0.25) is 0 Å². The average molecular weight is 426 g/mol. The molecule has 2 aromatic rings. The zero-order chi connectivity index (χ0) is 19.3. The van der Waals surface area contributed by atoms with Crippen molar-refractivity contribution in [2.45, 2.75) is 36.5 Å². The number of hydrogen-bond donors (Lipinski definition) is 3. The van der Waals surface area contributed by atoms with Crippen LogP contribution in [-0.2, 0) is 26.1 Å². The standard InChI is InChI=1S/C19H23N3O4S.ClH/c20-12-15-10-11-18(26-15)19(23)21-13-14-6-4-5-9-17(14)22-27(24,25)16-7-2-1-3-8-16;/h1-9,15,18,22H,10-13,20H2,(H,21,23);1H/t15-,18+;/m1./s1. The number of nitrogens with one attached hydrogen (secondary N) is 2. The van der Waals surface area contributed by atoms with E-state index in [0.717, 1.165) is 6.42 Å². The van der Waals surface area contributed by atoms with E-state index in [1.54, 1.807) is 42.5 Å². The summed E-state index contributed by atoms with van der Waals surface area (Å²) in [4.78, 5) is 12.5. The largest absolute Gasteiger partial charge is 0.364 e. The van der Waals surface area contributed by atoms with Crippen LogP contribution in [-0.4, -0.2) is 33.1 Å². The molecule has 3 rings (SSSR count). The van der Waals surface area contributed by atoms with Crippen molar-refractivity contribution in [3.05, 3.63) is 60.2 Å². The molecule has 0 saturated carbocycles. The Labute approximate surface area is 171 Å². The normalized spacial score (nSPS) is 18.9. The van der Waals surface area contributed by atoms with Crippen LogP contribution >= 0.6 is 12.4 Å². The molecule has 0 unspecified atom stereocenters. The van der Waals surface area contributed by atoms with Crippen LogP contribution < -0.4 is 15.8 Å². The van der Waals surface area contributed by atoms with Crippen molar-refractivity contribution in [2.75, 3.05) is 11.3 Å². The van der Waals surface area contributed by atoms with Crippen molar-refractivity contribution in [1.29, 1.82) is 0 Å². The third-order valence-corrected chi connectivity index (χ3v) is 5.81. The van der Waals surface area contributed by atoms with Crippen LogP contribution in [0, 0.1) is 0 Å². The Kier molecular flexibility index (Phi) is 7.82. The van der Waals surface area contributed by atoms with E-state index in [9.17, 15) is 13.2 Å². The van der Waals surface area contributed by atoms with E-state index in [1.165, 1.54) is 12.1 Å². The van der Waals surface area contributed by atoms with Gasteiger partial charge in [0, 0.05) is 13.1 Å². The lowest BCUT2D eigenvalue weighted by molar-refractivity contribution is -0.132. The molecule has 2 atom stereocenters. The molecule has 4 N–H and O–H groups in total. The Balaban J connectivity index is 0.00000280. The van der Waals surface area contributed by atoms with Crippen LogP contribution in [0.5, 0.6) is 0 Å². The number of carbonyl (C=O) groups excluding carboxylic acids is 1. The number of halogens is 1. The Morgan fingerprint density at radius 3 is 2.43 bits per heavy atom. The van der Waals surface area contributed by atoms with Crippen LogP contribution in [0.1, 0.15) is 18.4 Å². The van der Waals surface area contributed by atoms with Gasteiger partial charge in [-0.05, 0) is 36.6 Å². The van der Waals surface area contributed by atoms with Gasteiger partial charge in [-0.2, -0.15) is 0 Å². The monoisotopic (exact) mass is 425 g/mol. The predicted octanol–water partition coefficient (Wildman–Crippen LogP) is 2.03. The average Bonchev–Trinajstić information content (AvgIpc) is 3.17.